The summed E-state index contributed by atoms with van der Waals surface area (Å²) in [5, 5.41) is 5.57. The molecule has 0 aromatic rings. The molecule has 1 atom stereocenters. The molecule has 3 amide bonds. The summed E-state index contributed by atoms with van der Waals surface area (Å²) in [5.74, 6) is -4.51. The van der Waals surface area contributed by atoms with Crippen molar-refractivity contribution in [1.29, 1.82) is 0 Å². The van der Waals surface area contributed by atoms with Gasteiger partial charge in [-0.1, -0.05) is 0 Å². The molecular weight excluding hydrogens is 398 g/mol. The molecule has 0 bridgehead atoms. The fraction of sp³-hybridized carbons (Fsp3) is 0.727. The quantitative estimate of drug-likeness (QED) is 0.279. The van der Waals surface area contributed by atoms with Crippen LogP contribution in [0.3, 0.4) is 0 Å². The van der Waals surface area contributed by atoms with Crippen LogP contribution in [0.1, 0.15) is 27.2 Å². The molecule has 0 aromatic heterocycles. The molecule has 152 valence electrons. The van der Waals surface area contributed by atoms with Crippen LogP contribution in [0, 0.1) is 0 Å². The van der Waals surface area contributed by atoms with E-state index in [4.69, 9.17) is 13.8 Å². The van der Waals surface area contributed by atoms with Crippen LogP contribution in [0.5, 0.6) is 0 Å². The highest BCUT2D eigenvalue weighted by Crippen LogP contribution is 2.07. The minimum atomic E-state index is -4.56. The monoisotopic (exact) mass is 419 g/mol. The second-order valence-electron chi connectivity index (χ2n) is 6.00. The van der Waals surface area contributed by atoms with E-state index in [2.05, 4.69) is 0 Å². The van der Waals surface area contributed by atoms with Crippen molar-refractivity contribution in [3.05, 3.63) is 0 Å². The minimum absolute atomic E-state index is 0.800. The third-order valence-corrected chi connectivity index (χ3v) is 3.30. The summed E-state index contributed by atoms with van der Waals surface area (Å²) < 4.78 is 64.5. The van der Waals surface area contributed by atoms with Gasteiger partial charge in [0.15, 0.2) is 0 Å². The molecule has 0 heterocycles. The Kier molecular flexibility index (Phi) is 8.42. The third-order valence-electron chi connectivity index (χ3n) is 2.28. The van der Waals surface area contributed by atoms with Crippen molar-refractivity contribution in [1.82, 2.24) is 16.0 Å². The van der Waals surface area contributed by atoms with Gasteiger partial charge in [-0.3, -0.25) is 18.7 Å². The van der Waals surface area contributed by atoms with E-state index < -0.39 is 68.0 Å². The summed E-state index contributed by atoms with van der Waals surface area (Å²) >= 11 is 0. The molecule has 0 aliphatic heterocycles. The number of nitrogens with one attached hydrogen (secondary N) is 3. The lowest BCUT2D eigenvalue weighted by molar-refractivity contribution is -0.128. The standard InChI is InChI=1S/C11H21N3O10S2/c1-11(2,3)24-10(17)14-7(9(16)13-6-26(21,22)23)4-8(15)12-5-25(18,19)20/h7H,4-6H2,1-3H3,(H,12,15)(H,13,16)(H,14,17)(H,18,19,20)(H,21,22,23). The van der Waals surface area contributed by atoms with E-state index in [1.54, 1.807) is 10.6 Å². The van der Waals surface area contributed by atoms with Gasteiger partial charge in [0.05, 0.1) is 6.42 Å². The zero-order valence-electron chi connectivity index (χ0n) is 14.2. The fourth-order valence-corrected chi connectivity index (χ4v) is 2.04. The summed E-state index contributed by atoms with van der Waals surface area (Å²) in [6.45, 7) is 4.58. The Labute approximate surface area is 150 Å². The fourth-order valence-electron chi connectivity index (χ4n) is 1.37. The summed E-state index contributed by atoms with van der Waals surface area (Å²) in [6.07, 6.45) is -1.90. The largest absolute Gasteiger partial charge is 0.444 e. The summed E-state index contributed by atoms with van der Waals surface area (Å²) in [7, 11) is -9.07. The average molecular weight is 419 g/mol. The zero-order chi connectivity index (χ0) is 20.8. The van der Waals surface area contributed by atoms with E-state index in [1.807, 2.05) is 5.32 Å². The van der Waals surface area contributed by atoms with Crippen LogP contribution in [0.15, 0.2) is 0 Å². The third kappa shape index (κ3) is 13.3. The Morgan fingerprint density at radius 1 is 0.962 bits per heavy atom. The Balaban J connectivity index is 5.05. The van der Waals surface area contributed by atoms with Gasteiger partial charge in [-0.25, -0.2) is 4.79 Å². The van der Waals surface area contributed by atoms with Crippen LogP contribution in [-0.2, 0) is 34.6 Å². The normalized spacial score (nSPS) is 13.4. The molecule has 0 radical (unpaired) electrons. The number of carbonyl (C=O) groups excluding carboxylic acids is 3. The molecule has 0 spiro atoms. The van der Waals surface area contributed by atoms with Crippen LogP contribution >= 0.6 is 0 Å². The van der Waals surface area contributed by atoms with E-state index in [0.29, 0.717) is 0 Å². The van der Waals surface area contributed by atoms with E-state index in [1.165, 1.54) is 20.8 Å². The molecule has 0 aromatic carbocycles. The van der Waals surface area contributed by atoms with Crippen molar-refractivity contribution in [3.63, 3.8) is 0 Å². The maximum atomic E-state index is 11.9. The zero-order valence-corrected chi connectivity index (χ0v) is 15.8. The van der Waals surface area contributed by atoms with Crippen LogP contribution in [0.2, 0.25) is 0 Å². The highest BCUT2D eigenvalue weighted by molar-refractivity contribution is 7.86. The van der Waals surface area contributed by atoms with E-state index in [-0.39, 0.29) is 0 Å². The van der Waals surface area contributed by atoms with Crippen molar-refractivity contribution in [2.24, 2.45) is 0 Å². The van der Waals surface area contributed by atoms with Gasteiger partial charge in [-0.2, -0.15) is 16.8 Å². The summed E-state index contributed by atoms with van der Waals surface area (Å²) in [4.78, 5) is 35.3. The van der Waals surface area contributed by atoms with Gasteiger partial charge in [0, 0.05) is 0 Å². The molecule has 0 fully saturated rings. The van der Waals surface area contributed by atoms with Gasteiger partial charge in [0.2, 0.25) is 11.8 Å². The summed E-state index contributed by atoms with van der Waals surface area (Å²) in [5.41, 5.74) is -0.938. The van der Waals surface area contributed by atoms with Crippen molar-refractivity contribution in [2.45, 2.75) is 38.8 Å². The topological polar surface area (TPSA) is 205 Å². The second-order valence-corrected chi connectivity index (χ2v) is 8.90. The molecule has 0 aliphatic carbocycles. The van der Waals surface area contributed by atoms with Crippen molar-refractivity contribution >= 4 is 38.1 Å². The second kappa shape index (κ2) is 9.11. The molecule has 5 N–H and O–H groups in total. The van der Waals surface area contributed by atoms with Crippen molar-refractivity contribution < 1.29 is 45.1 Å². The predicted octanol–water partition coefficient (Wildman–Crippen LogP) is -1.81. The Bertz CT molecular complexity index is 739. The number of amides is 3. The van der Waals surface area contributed by atoms with E-state index in [0.717, 1.165) is 0 Å². The first-order chi connectivity index (χ1) is 11.5. The minimum Gasteiger partial charge on any atom is -0.444 e. The molecule has 0 saturated heterocycles. The van der Waals surface area contributed by atoms with Crippen molar-refractivity contribution in [3.8, 4) is 0 Å². The maximum absolute atomic E-state index is 11.9. The molecule has 13 nitrogen and oxygen atoms in total. The highest BCUT2D eigenvalue weighted by atomic mass is 32.2. The molecule has 0 rings (SSSR count). The van der Waals surface area contributed by atoms with Crippen LogP contribution < -0.4 is 16.0 Å². The van der Waals surface area contributed by atoms with Crippen LogP contribution in [0.25, 0.3) is 0 Å². The smallest absolute Gasteiger partial charge is 0.408 e. The lowest BCUT2D eigenvalue weighted by atomic mass is 10.2. The van der Waals surface area contributed by atoms with Gasteiger partial charge in [-0.05, 0) is 20.8 Å². The van der Waals surface area contributed by atoms with Crippen LogP contribution in [-0.4, -0.2) is 67.2 Å². The molecule has 1 unspecified atom stereocenters. The molecular formula is C11H21N3O10S2. The van der Waals surface area contributed by atoms with Gasteiger partial charge in [0.1, 0.15) is 23.4 Å². The van der Waals surface area contributed by atoms with Gasteiger partial charge >= 0.3 is 6.09 Å². The highest BCUT2D eigenvalue weighted by Gasteiger charge is 2.27. The van der Waals surface area contributed by atoms with Crippen molar-refractivity contribution in [2.75, 3.05) is 11.8 Å². The maximum Gasteiger partial charge on any atom is 0.408 e. The SMILES string of the molecule is CC(C)(C)OC(=O)NC(CC(=O)NCS(=O)(=O)O)C(=O)NCS(=O)(=O)O. The molecule has 15 heteroatoms. The first kappa shape index (κ1) is 24.0. The number of ether oxygens (including phenoxy) is 1. The van der Waals surface area contributed by atoms with Gasteiger partial charge in [-0.15, -0.1) is 0 Å². The Hall–Kier alpha value is -1.97. The number of rotatable bonds is 8. The Morgan fingerprint density at radius 3 is 1.85 bits per heavy atom. The number of hydrogen-bond donors (Lipinski definition) is 5. The first-order valence-electron chi connectivity index (χ1n) is 6.93. The number of hydrogen-bond acceptors (Lipinski definition) is 8. The molecule has 0 aliphatic rings. The average Bonchev–Trinajstić information content (AvgIpc) is 2.38. The van der Waals surface area contributed by atoms with E-state index >= 15 is 0 Å². The first-order valence-corrected chi connectivity index (χ1v) is 10.1. The lowest BCUT2D eigenvalue weighted by Crippen LogP contribution is -2.51. The van der Waals surface area contributed by atoms with Gasteiger partial charge in [0.25, 0.3) is 20.2 Å². The lowest BCUT2D eigenvalue weighted by Gasteiger charge is -2.23. The Morgan fingerprint density at radius 2 is 1.42 bits per heavy atom. The molecule has 0 saturated carbocycles. The summed E-state index contributed by atoms with van der Waals surface area (Å²) in [6, 6.07) is -1.65. The predicted molar refractivity (Wildman–Crippen MR) is 86.9 cm³/mol. The van der Waals surface area contributed by atoms with Crippen LogP contribution in [0.4, 0.5) is 4.79 Å². The van der Waals surface area contributed by atoms with Gasteiger partial charge < -0.3 is 20.7 Å². The molecule has 26 heavy (non-hydrogen) atoms. The number of carbonyl (C=O) groups is 3. The number of alkyl carbamates (subject to hydrolysis) is 1. The van der Waals surface area contributed by atoms with E-state index in [9.17, 15) is 31.2 Å².